The molecule has 1 fully saturated rings. The van der Waals surface area contributed by atoms with E-state index in [0.29, 0.717) is 24.5 Å². The lowest BCUT2D eigenvalue weighted by molar-refractivity contribution is -0.384. The second-order valence-electron chi connectivity index (χ2n) is 8.35. The summed E-state index contributed by atoms with van der Waals surface area (Å²) in [4.78, 5) is 52.2. The van der Waals surface area contributed by atoms with E-state index in [-0.39, 0.29) is 28.9 Å². The number of nitro groups is 1. The highest BCUT2D eigenvalue weighted by Gasteiger charge is 2.24. The first-order valence-electron chi connectivity index (χ1n) is 11.2. The minimum atomic E-state index is -0.541. The molecule has 36 heavy (non-hydrogen) atoms. The molecule has 1 saturated heterocycles. The molecule has 1 aliphatic heterocycles. The fraction of sp³-hybridized carbons (Fsp3) is 0.192. The summed E-state index contributed by atoms with van der Waals surface area (Å²) in [5.41, 5.74) is 2.00. The first-order valence-corrected chi connectivity index (χ1v) is 11.2. The number of carbonyl (C=O) groups excluding carboxylic acids is 3. The molecule has 10 nitrogen and oxygen atoms in total. The van der Waals surface area contributed by atoms with Crippen molar-refractivity contribution in [3.63, 3.8) is 0 Å². The van der Waals surface area contributed by atoms with Gasteiger partial charge in [-0.1, -0.05) is 30.3 Å². The summed E-state index contributed by atoms with van der Waals surface area (Å²) in [5.74, 6) is -0.965. The number of hydrogen-bond acceptors (Lipinski definition) is 7. The Labute approximate surface area is 207 Å². The fourth-order valence-corrected chi connectivity index (χ4v) is 3.96. The van der Waals surface area contributed by atoms with Gasteiger partial charge in [-0.15, -0.1) is 0 Å². The van der Waals surface area contributed by atoms with E-state index in [2.05, 4.69) is 5.32 Å². The molecule has 0 bridgehead atoms. The monoisotopic (exact) mass is 488 g/mol. The highest BCUT2D eigenvalue weighted by molar-refractivity contribution is 6.15. The van der Waals surface area contributed by atoms with Crippen molar-refractivity contribution in [2.45, 2.75) is 6.54 Å². The van der Waals surface area contributed by atoms with Crippen LogP contribution in [0.1, 0.15) is 31.8 Å². The topological polar surface area (TPSA) is 122 Å². The molecule has 0 saturated carbocycles. The third kappa shape index (κ3) is 5.02. The van der Waals surface area contributed by atoms with Crippen molar-refractivity contribution in [2.75, 3.05) is 37.0 Å². The van der Waals surface area contributed by atoms with Crippen LogP contribution in [0.5, 0.6) is 0 Å². The van der Waals surface area contributed by atoms with E-state index in [1.807, 2.05) is 6.07 Å². The average Bonchev–Trinajstić information content (AvgIpc) is 3.32. The van der Waals surface area contributed by atoms with Gasteiger partial charge in [-0.05, 0) is 35.9 Å². The number of nitrogens with one attached hydrogen (secondary N) is 1. The van der Waals surface area contributed by atoms with Gasteiger partial charge in [0.15, 0.2) is 5.78 Å². The number of nitrogens with zero attached hydrogens (tertiary/aromatic N) is 3. The van der Waals surface area contributed by atoms with Crippen molar-refractivity contribution in [2.24, 2.45) is 0 Å². The van der Waals surface area contributed by atoms with Crippen LogP contribution in [0, 0.1) is 10.1 Å². The number of benzene rings is 3. The summed E-state index contributed by atoms with van der Waals surface area (Å²) in [6.45, 7) is 0.949. The zero-order chi connectivity index (χ0) is 25.8. The second kappa shape index (κ2) is 10.3. The standard InChI is InChI=1S/C26H24N4O6/c1-28(2)22-11-10-18(15-23(22)30(34)35)24(31)20-8-3-4-9-21(20)25(32)27-16-17-6-5-7-19(14-17)29-12-13-36-26(29)33/h3-11,14-15H,12-13,16H2,1-2H3,(H,27,32). The van der Waals surface area contributed by atoms with E-state index in [9.17, 15) is 24.5 Å². The van der Waals surface area contributed by atoms with E-state index in [1.54, 1.807) is 49.3 Å². The Kier molecular flexibility index (Phi) is 6.95. The number of anilines is 2. The molecule has 0 spiro atoms. The zero-order valence-electron chi connectivity index (χ0n) is 19.8. The molecular formula is C26H24N4O6. The van der Waals surface area contributed by atoms with Crippen LogP contribution in [0.15, 0.2) is 66.7 Å². The van der Waals surface area contributed by atoms with Gasteiger partial charge in [0.25, 0.3) is 11.6 Å². The van der Waals surface area contributed by atoms with Gasteiger partial charge >= 0.3 is 6.09 Å². The highest BCUT2D eigenvalue weighted by Crippen LogP contribution is 2.29. The van der Waals surface area contributed by atoms with Crippen molar-refractivity contribution in [1.82, 2.24) is 5.32 Å². The molecule has 0 unspecified atom stereocenters. The van der Waals surface area contributed by atoms with Gasteiger partial charge in [0.1, 0.15) is 12.3 Å². The predicted octanol–water partition coefficient (Wildman–Crippen LogP) is 3.78. The van der Waals surface area contributed by atoms with Gasteiger partial charge in [-0.3, -0.25) is 24.6 Å². The van der Waals surface area contributed by atoms with E-state index in [1.165, 1.54) is 35.2 Å². The quantitative estimate of drug-likeness (QED) is 0.291. The highest BCUT2D eigenvalue weighted by atomic mass is 16.6. The molecule has 1 heterocycles. The first kappa shape index (κ1) is 24.4. The molecule has 3 aromatic rings. The predicted molar refractivity (Wildman–Crippen MR) is 134 cm³/mol. The van der Waals surface area contributed by atoms with Crippen molar-refractivity contribution in [3.05, 3.63) is 99.1 Å². The lowest BCUT2D eigenvalue weighted by Crippen LogP contribution is -2.26. The lowest BCUT2D eigenvalue weighted by atomic mass is 9.97. The van der Waals surface area contributed by atoms with Gasteiger partial charge in [0.05, 0.1) is 17.0 Å². The zero-order valence-corrected chi connectivity index (χ0v) is 19.8. The van der Waals surface area contributed by atoms with Crippen molar-refractivity contribution >= 4 is 34.8 Å². The fourth-order valence-electron chi connectivity index (χ4n) is 3.96. The van der Waals surface area contributed by atoms with Crippen LogP contribution in [-0.2, 0) is 11.3 Å². The molecule has 0 atom stereocenters. The van der Waals surface area contributed by atoms with Crippen LogP contribution in [0.4, 0.5) is 21.9 Å². The van der Waals surface area contributed by atoms with Crippen LogP contribution in [0.2, 0.25) is 0 Å². The Bertz CT molecular complexity index is 1350. The summed E-state index contributed by atoms with van der Waals surface area (Å²) >= 11 is 0. The van der Waals surface area contributed by atoms with Gasteiger partial charge in [-0.25, -0.2) is 4.79 Å². The molecule has 0 aliphatic carbocycles. The molecule has 1 N–H and O–H groups in total. The Morgan fingerprint density at radius 2 is 1.81 bits per heavy atom. The SMILES string of the molecule is CN(C)c1ccc(C(=O)c2ccccc2C(=O)NCc2cccc(N3CCOC3=O)c2)cc1[N+](=O)[O-]. The Morgan fingerprint density at radius 3 is 2.47 bits per heavy atom. The number of cyclic esters (lactones) is 1. The molecule has 1 aliphatic rings. The maximum absolute atomic E-state index is 13.3. The van der Waals surface area contributed by atoms with Gasteiger partial charge < -0.3 is 15.0 Å². The van der Waals surface area contributed by atoms with Crippen LogP contribution >= 0.6 is 0 Å². The van der Waals surface area contributed by atoms with Crippen molar-refractivity contribution < 1.29 is 24.0 Å². The minimum absolute atomic E-state index is 0.109. The molecule has 3 aromatic carbocycles. The summed E-state index contributed by atoms with van der Waals surface area (Å²) in [7, 11) is 3.35. The van der Waals surface area contributed by atoms with Gasteiger partial charge in [0.2, 0.25) is 0 Å². The summed E-state index contributed by atoms with van der Waals surface area (Å²) < 4.78 is 4.97. The number of rotatable bonds is 8. The number of ketones is 1. The largest absolute Gasteiger partial charge is 0.447 e. The van der Waals surface area contributed by atoms with Crippen LogP contribution in [-0.4, -0.2) is 50.0 Å². The van der Waals surface area contributed by atoms with Crippen LogP contribution < -0.4 is 15.1 Å². The maximum Gasteiger partial charge on any atom is 0.414 e. The summed E-state index contributed by atoms with van der Waals surface area (Å²) in [6, 6.07) is 17.7. The van der Waals surface area contributed by atoms with E-state index in [4.69, 9.17) is 4.74 Å². The molecule has 2 amide bonds. The number of ether oxygens (including phenoxy) is 1. The molecular weight excluding hydrogens is 464 g/mol. The van der Waals surface area contributed by atoms with Gasteiger partial charge in [0, 0.05) is 43.5 Å². The molecule has 10 heteroatoms. The van der Waals surface area contributed by atoms with Crippen molar-refractivity contribution in [3.8, 4) is 0 Å². The molecule has 184 valence electrons. The first-order chi connectivity index (χ1) is 17.3. The van der Waals surface area contributed by atoms with Crippen LogP contribution in [0.25, 0.3) is 0 Å². The number of hydrogen-bond donors (Lipinski definition) is 1. The summed E-state index contributed by atoms with van der Waals surface area (Å²) in [6.07, 6.45) is -0.414. The van der Waals surface area contributed by atoms with E-state index < -0.39 is 22.7 Å². The van der Waals surface area contributed by atoms with Crippen molar-refractivity contribution in [1.29, 1.82) is 0 Å². The maximum atomic E-state index is 13.3. The van der Waals surface area contributed by atoms with Crippen LogP contribution in [0.3, 0.4) is 0 Å². The summed E-state index contributed by atoms with van der Waals surface area (Å²) in [5, 5.41) is 14.3. The molecule has 0 aromatic heterocycles. The molecule has 0 radical (unpaired) electrons. The Balaban J connectivity index is 1.54. The minimum Gasteiger partial charge on any atom is -0.447 e. The van der Waals surface area contributed by atoms with E-state index >= 15 is 0 Å². The Hall–Kier alpha value is -4.73. The molecule has 4 rings (SSSR count). The third-order valence-corrected chi connectivity index (χ3v) is 5.77. The van der Waals surface area contributed by atoms with E-state index in [0.717, 1.165) is 5.56 Å². The number of nitro benzene ring substituents is 1. The third-order valence-electron chi connectivity index (χ3n) is 5.77. The number of carbonyl (C=O) groups is 3. The smallest absolute Gasteiger partial charge is 0.414 e. The average molecular weight is 489 g/mol. The number of amides is 2. The van der Waals surface area contributed by atoms with Gasteiger partial charge in [-0.2, -0.15) is 0 Å². The Morgan fingerprint density at radius 1 is 1.06 bits per heavy atom. The lowest BCUT2D eigenvalue weighted by Gasteiger charge is -2.15. The normalized spacial score (nSPS) is 12.7. The second-order valence-corrected chi connectivity index (χ2v) is 8.35.